The molecule has 0 bridgehead atoms. The van der Waals surface area contributed by atoms with E-state index in [1.807, 2.05) is 18.2 Å². The zero-order chi connectivity index (χ0) is 13.3. The minimum atomic E-state index is 0.0265. The van der Waals surface area contributed by atoms with E-state index < -0.39 is 0 Å². The first-order chi connectivity index (χ1) is 9.21. The van der Waals surface area contributed by atoms with Gasteiger partial charge >= 0.3 is 0 Å². The van der Waals surface area contributed by atoms with Crippen LogP contribution in [0, 0.1) is 5.41 Å². The van der Waals surface area contributed by atoms with Gasteiger partial charge in [0.25, 0.3) is 0 Å². The molecule has 19 heavy (non-hydrogen) atoms. The molecule has 3 N–H and O–H groups in total. The van der Waals surface area contributed by atoms with Gasteiger partial charge in [-0.25, -0.2) is 0 Å². The highest BCUT2D eigenvalue weighted by Crippen LogP contribution is 2.43. The van der Waals surface area contributed by atoms with Crippen LogP contribution in [0.2, 0.25) is 0 Å². The molecule has 0 spiro atoms. The Morgan fingerprint density at radius 3 is 2.84 bits per heavy atom. The van der Waals surface area contributed by atoms with Crippen molar-refractivity contribution in [2.24, 2.45) is 11.1 Å². The second-order valence-corrected chi connectivity index (χ2v) is 5.35. The largest absolute Gasteiger partial charge is 0.454 e. The molecular formula is C14H18N2O3. The molecule has 1 aliphatic heterocycles. The maximum atomic E-state index is 11.9. The molecule has 5 nitrogen and oxygen atoms in total. The fourth-order valence-electron chi connectivity index (χ4n) is 2.21. The molecule has 0 atom stereocenters. The van der Waals surface area contributed by atoms with Crippen molar-refractivity contribution in [1.29, 1.82) is 0 Å². The number of amides is 1. The number of nitrogens with two attached hydrogens (primary N) is 1. The summed E-state index contributed by atoms with van der Waals surface area (Å²) in [6.07, 6.45) is 2.60. The molecule has 1 fully saturated rings. The van der Waals surface area contributed by atoms with Crippen molar-refractivity contribution in [3.63, 3.8) is 0 Å². The van der Waals surface area contributed by atoms with E-state index in [4.69, 9.17) is 15.2 Å². The quantitative estimate of drug-likeness (QED) is 0.823. The average Bonchev–Trinajstić information content (AvgIpc) is 3.06. The van der Waals surface area contributed by atoms with Gasteiger partial charge in [0.1, 0.15) is 0 Å². The van der Waals surface area contributed by atoms with Crippen molar-refractivity contribution >= 4 is 5.91 Å². The zero-order valence-electron chi connectivity index (χ0n) is 10.8. The monoisotopic (exact) mass is 262 g/mol. The van der Waals surface area contributed by atoms with Crippen molar-refractivity contribution in [2.75, 3.05) is 19.9 Å². The highest BCUT2D eigenvalue weighted by atomic mass is 16.7. The number of benzene rings is 1. The Morgan fingerprint density at radius 1 is 1.32 bits per heavy atom. The third-order valence-electron chi connectivity index (χ3n) is 3.85. The van der Waals surface area contributed by atoms with Gasteiger partial charge in [-0.2, -0.15) is 0 Å². The Balaban J connectivity index is 1.54. The van der Waals surface area contributed by atoms with E-state index in [-0.39, 0.29) is 18.1 Å². The highest BCUT2D eigenvalue weighted by Gasteiger charge is 2.41. The first-order valence-electron chi connectivity index (χ1n) is 6.56. The zero-order valence-corrected chi connectivity index (χ0v) is 10.8. The fraction of sp³-hybridized carbons (Fsp3) is 0.500. The van der Waals surface area contributed by atoms with Crippen LogP contribution in [0.4, 0.5) is 0 Å². The first kappa shape index (κ1) is 12.3. The molecule has 3 rings (SSSR count). The van der Waals surface area contributed by atoms with Crippen molar-refractivity contribution < 1.29 is 14.3 Å². The Kier molecular flexibility index (Phi) is 3.06. The lowest BCUT2D eigenvalue weighted by Gasteiger charge is -2.13. The van der Waals surface area contributed by atoms with Crippen molar-refractivity contribution in [2.45, 2.75) is 19.3 Å². The predicted molar refractivity (Wildman–Crippen MR) is 70.0 cm³/mol. The van der Waals surface area contributed by atoms with E-state index in [9.17, 15) is 4.79 Å². The van der Waals surface area contributed by atoms with E-state index in [0.717, 1.165) is 24.2 Å². The number of rotatable bonds is 5. The second kappa shape index (κ2) is 4.74. The van der Waals surface area contributed by atoms with Crippen LogP contribution < -0.4 is 20.5 Å². The molecule has 1 aromatic carbocycles. The Bertz CT molecular complexity index is 497. The number of nitrogens with one attached hydrogen (secondary N) is 1. The van der Waals surface area contributed by atoms with Crippen LogP contribution in [0.3, 0.4) is 0 Å². The van der Waals surface area contributed by atoms with Crippen LogP contribution in [-0.2, 0) is 11.2 Å². The van der Waals surface area contributed by atoms with Gasteiger partial charge in [-0.15, -0.1) is 0 Å². The number of carbonyl (C=O) groups excluding carboxylic acids is 1. The minimum Gasteiger partial charge on any atom is -0.454 e. The lowest BCUT2D eigenvalue weighted by Crippen LogP contribution is -2.34. The molecule has 0 radical (unpaired) electrons. The first-order valence-corrected chi connectivity index (χ1v) is 6.56. The molecule has 5 heteroatoms. The summed E-state index contributed by atoms with van der Waals surface area (Å²) >= 11 is 0. The summed E-state index contributed by atoms with van der Waals surface area (Å²) in [5.41, 5.74) is 6.79. The Labute approximate surface area is 112 Å². The fourth-order valence-corrected chi connectivity index (χ4v) is 2.21. The van der Waals surface area contributed by atoms with Crippen LogP contribution in [0.15, 0.2) is 18.2 Å². The summed E-state index contributed by atoms with van der Waals surface area (Å²) in [4.78, 5) is 11.9. The van der Waals surface area contributed by atoms with E-state index in [1.54, 1.807) is 0 Å². The summed E-state index contributed by atoms with van der Waals surface area (Å²) in [6.45, 7) is 1.59. The third-order valence-corrected chi connectivity index (χ3v) is 3.85. The van der Waals surface area contributed by atoms with Gasteiger partial charge in [-0.3, -0.25) is 4.79 Å². The molecule has 1 aliphatic carbocycles. The lowest BCUT2D eigenvalue weighted by molar-refractivity contribution is -0.120. The van der Waals surface area contributed by atoms with Crippen LogP contribution in [0.25, 0.3) is 0 Å². The second-order valence-electron chi connectivity index (χ2n) is 5.35. The Hall–Kier alpha value is -1.75. The van der Waals surface area contributed by atoms with Crippen molar-refractivity contribution in [1.82, 2.24) is 5.32 Å². The summed E-state index contributed by atoms with van der Waals surface area (Å²) in [5, 5.41) is 2.96. The van der Waals surface area contributed by atoms with Crippen LogP contribution >= 0.6 is 0 Å². The lowest BCUT2D eigenvalue weighted by atomic mass is 10.1. The van der Waals surface area contributed by atoms with Gasteiger partial charge in [-0.1, -0.05) is 6.07 Å². The molecule has 2 aliphatic rings. The van der Waals surface area contributed by atoms with Gasteiger partial charge in [0.05, 0.1) is 6.42 Å². The van der Waals surface area contributed by atoms with Crippen LogP contribution in [-0.4, -0.2) is 25.8 Å². The average molecular weight is 262 g/mol. The smallest absolute Gasteiger partial charge is 0.231 e. The summed E-state index contributed by atoms with van der Waals surface area (Å²) in [5.74, 6) is 1.48. The number of fused-ring (bicyclic) bond motifs is 1. The van der Waals surface area contributed by atoms with Crippen LogP contribution in [0.1, 0.15) is 18.4 Å². The molecule has 102 valence electrons. The standard InChI is InChI=1S/C14H18N2O3/c15-7-14(3-4-14)8-16-13(17)6-10-1-2-11-12(5-10)19-9-18-11/h1-2,5H,3-4,6-9,15H2,(H,16,17). The summed E-state index contributed by atoms with van der Waals surface area (Å²) < 4.78 is 10.5. The molecule has 1 amide bonds. The highest BCUT2D eigenvalue weighted by molar-refractivity contribution is 5.78. The van der Waals surface area contributed by atoms with E-state index >= 15 is 0 Å². The van der Waals surface area contributed by atoms with Gasteiger partial charge in [0.15, 0.2) is 11.5 Å². The molecule has 1 heterocycles. The third kappa shape index (κ3) is 2.66. The molecule has 0 unspecified atom stereocenters. The van der Waals surface area contributed by atoms with E-state index in [2.05, 4.69) is 5.32 Å². The number of hydrogen-bond acceptors (Lipinski definition) is 4. The topological polar surface area (TPSA) is 73.6 Å². The number of carbonyl (C=O) groups is 1. The predicted octanol–water partition coefficient (Wildman–Crippen LogP) is 0.813. The van der Waals surface area contributed by atoms with Crippen molar-refractivity contribution in [3.8, 4) is 11.5 Å². The number of ether oxygens (including phenoxy) is 2. The van der Waals surface area contributed by atoms with Crippen molar-refractivity contribution in [3.05, 3.63) is 23.8 Å². The van der Waals surface area contributed by atoms with Gasteiger partial charge in [0.2, 0.25) is 12.7 Å². The summed E-state index contributed by atoms with van der Waals surface area (Å²) in [6, 6.07) is 5.59. The Morgan fingerprint density at radius 2 is 2.11 bits per heavy atom. The van der Waals surface area contributed by atoms with Crippen LogP contribution in [0.5, 0.6) is 11.5 Å². The molecule has 1 saturated carbocycles. The molecular weight excluding hydrogens is 244 g/mol. The maximum absolute atomic E-state index is 11.9. The van der Waals surface area contributed by atoms with Gasteiger partial charge in [-0.05, 0) is 42.5 Å². The molecule has 0 aromatic heterocycles. The van der Waals surface area contributed by atoms with E-state index in [1.165, 1.54) is 0 Å². The normalized spacial score (nSPS) is 18.2. The minimum absolute atomic E-state index is 0.0265. The SMILES string of the molecule is NCC1(CNC(=O)Cc2ccc3c(c2)OCO3)CC1. The maximum Gasteiger partial charge on any atom is 0.231 e. The molecule has 1 aromatic rings. The van der Waals surface area contributed by atoms with Gasteiger partial charge in [0, 0.05) is 6.54 Å². The summed E-state index contributed by atoms with van der Waals surface area (Å²) in [7, 11) is 0. The van der Waals surface area contributed by atoms with E-state index in [0.29, 0.717) is 25.3 Å². The molecule has 0 saturated heterocycles. The number of hydrogen-bond donors (Lipinski definition) is 2. The van der Waals surface area contributed by atoms with Gasteiger partial charge < -0.3 is 20.5 Å².